The van der Waals surface area contributed by atoms with E-state index in [2.05, 4.69) is 84.0 Å². The standard InChI is InChI=1S/C29H22N2O2/c1-2-30-18-15-16-26-22(17-18)29(21-11-5-8-14-25(21)32-26)27-19-9-3-6-12-23(19)31-28(27)20-10-4-7-13-24(20)33-29/h3-17,30-31H,2H2,1H3. The Bertz CT molecular complexity index is 1550. The van der Waals surface area contributed by atoms with Crippen LogP contribution in [-0.4, -0.2) is 11.5 Å². The topological polar surface area (TPSA) is 46.3 Å². The maximum Gasteiger partial charge on any atom is 0.194 e. The number of hydrogen-bond donors (Lipinski definition) is 2. The molecule has 0 aliphatic carbocycles. The van der Waals surface area contributed by atoms with E-state index in [-0.39, 0.29) is 0 Å². The summed E-state index contributed by atoms with van der Waals surface area (Å²) in [7, 11) is 0. The number of rotatable bonds is 2. The van der Waals surface area contributed by atoms with Crippen molar-refractivity contribution < 1.29 is 9.47 Å². The van der Waals surface area contributed by atoms with Gasteiger partial charge < -0.3 is 19.8 Å². The Balaban J connectivity index is 1.66. The molecule has 4 aromatic carbocycles. The molecule has 1 spiro atoms. The molecule has 4 nitrogen and oxygen atoms in total. The highest BCUT2D eigenvalue weighted by atomic mass is 16.5. The summed E-state index contributed by atoms with van der Waals surface area (Å²) in [4.78, 5) is 3.71. The average Bonchev–Trinajstić information content (AvgIpc) is 3.26. The highest BCUT2D eigenvalue weighted by Gasteiger charge is 2.51. The van der Waals surface area contributed by atoms with Crippen molar-refractivity contribution in [3.05, 3.63) is 108 Å². The van der Waals surface area contributed by atoms with E-state index in [0.29, 0.717) is 0 Å². The Morgan fingerprint density at radius 3 is 2.45 bits per heavy atom. The molecule has 0 saturated carbocycles. The van der Waals surface area contributed by atoms with Crippen molar-refractivity contribution in [2.24, 2.45) is 0 Å². The molecule has 2 aliphatic rings. The van der Waals surface area contributed by atoms with Crippen molar-refractivity contribution in [2.75, 3.05) is 11.9 Å². The minimum atomic E-state index is -0.848. The first-order chi connectivity index (χ1) is 16.3. The number of hydrogen-bond acceptors (Lipinski definition) is 3. The molecule has 0 saturated heterocycles. The Labute approximate surface area is 191 Å². The summed E-state index contributed by atoms with van der Waals surface area (Å²) in [6.07, 6.45) is 0. The number of anilines is 1. The van der Waals surface area contributed by atoms with Gasteiger partial charge in [0.2, 0.25) is 0 Å². The van der Waals surface area contributed by atoms with Gasteiger partial charge in [-0.05, 0) is 49.4 Å². The fourth-order valence-electron chi connectivity index (χ4n) is 5.39. The highest BCUT2D eigenvalue weighted by molar-refractivity contribution is 5.96. The third-order valence-electron chi connectivity index (χ3n) is 6.70. The van der Waals surface area contributed by atoms with Crippen molar-refractivity contribution in [1.82, 2.24) is 4.98 Å². The van der Waals surface area contributed by atoms with E-state index in [1.54, 1.807) is 0 Å². The van der Waals surface area contributed by atoms with E-state index >= 15 is 0 Å². The van der Waals surface area contributed by atoms with Gasteiger partial charge in [-0.15, -0.1) is 0 Å². The molecule has 1 unspecified atom stereocenters. The van der Waals surface area contributed by atoms with Crippen molar-refractivity contribution in [1.29, 1.82) is 0 Å². The van der Waals surface area contributed by atoms with Crippen LogP contribution in [0, 0.1) is 0 Å². The molecular formula is C29H22N2O2. The van der Waals surface area contributed by atoms with Gasteiger partial charge in [0.15, 0.2) is 5.60 Å². The third kappa shape index (κ3) is 2.40. The molecular weight excluding hydrogens is 408 g/mol. The zero-order valence-electron chi connectivity index (χ0n) is 18.2. The lowest BCUT2D eigenvalue weighted by Crippen LogP contribution is -2.40. The molecule has 160 valence electrons. The van der Waals surface area contributed by atoms with Crippen LogP contribution >= 0.6 is 0 Å². The van der Waals surface area contributed by atoms with Gasteiger partial charge in [0, 0.05) is 45.4 Å². The van der Waals surface area contributed by atoms with Crippen LogP contribution in [0.15, 0.2) is 91.0 Å². The Kier molecular flexibility index (Phi) is 3.71. The van der Waals surface area contributed by atoms with Crippen LogP contribution in [0.25, 0.3) is 22.2 Å². The van der Waals surface area contributed by atoms with Crippen LogP contribution < -0.4 is 14.8 Å². The average molecular weight is 431 g/mol. The first-order valence-electron chi connectivity index (χ1n) is 11.3. The predicted molar refractivity (Wildman–Crippen MR) is 131 cm³/mol. The number of aromatic amines is 1. The molecule has 0 radical (unpaired) electrons. The normalized spacial score (nSPS) is 17.4. The number of fused-ring (bicyclic) bond motifs is 10. The molecule has 5 aromatic rings. The smallest absolute Gasteiger partial charge is 0.194 e. The molecule has 0 amide bonds. The highest BCUT2D eigenvalue weighted by Crippen LogP contribution is 2.59. The number of ether oxygens (including phenoxy) is 2. The second-order valence-electron chi connectivity index (χ2n) is 8.54. The molecule has 2 aliphatic heterocycles. The quantitative estimate of drug-likeness (QED) is 0.315. The number of benzene rings is 4. The number of aromatic nitrogens is 1. The van der Waals surface area contributed by atoms with Gasteiger partial charge in [0.1, 0.15) is 17.2 Å². The Hall–Kier alpha value is -4.18. The van der Waals surface area contributed by atoms with Crippen molar-refractivity contribution in [3.8, 4) is 28.5 Å². The minimum Gasteiger partial charge on any atom is -0.472 e. The third-order valence-corrected chi connectivity index (χ3v) is 6.70. The number of nitrogens with one attached hydrogen (secondary N) is 2. The fourth-order valence-corrected chi connectivity index (χ4v) is 5.39. The van der Waals surface area contributed by atoms with Crippen LogP contribution in [0.2, 0.25) is 0 Å². The molecule has 1 atom stereocenters. The lowest BCUT2D eigenvalue weighted by atomic mass is 9.74. The van der Waals surface area contributed by atoms with Gasteiger partial charge in [-0.2, -0.15) is 0 Å². The van der Waals surface area contributed by atoms with E-state index in [4.69, 9.17) is 9.47 Å². The fraction of sp³-hybridized carbons (Fsp3) is 0.103. The molecule has 0 fully saturated rings. The summed E-state index contributed by atoms with van der Waals surface area (Å²) in [5, 5.41) is 4.61. The molecule has 33 heavy (non-hydrogen) atoms. The largest absolute Gasteiger partial charge is 0.472 e. The maximum absolute atomic E-state index is 7.11. The molecule has 3 heterocycles. The Morgan fingerprint density at radius 2 is 1.55 bits per heavy atom. The van der Waals surface area contributed by atoms with Crippen molar-refractivity contribution in [2.45, 2.75) is 12.5 Å². The lowest BCUT2D eigenvalue weighted by Gasteiger charge is -2.43. The van der Waals surface area contributed by atoms with Crippen LogP contribution in [0.5, 0.6) is 17.2 Å². The molecule has 1 aromatic heterocycles. The van der Waals surface area contributed by atoms with Gasteiger partial charge in [-0.25, -0.2) is 0 Å². The van der Waals surface area contributed by atoms with Gasteiger partial charge in [-0.1, -0.05) is 48.5 Å². The van der Waals surface area contributed by atoms with Gasteiger partial charge in [-0.3, -0.25) is 0 Å². The van der Waals surface area contributed by atoms with Crippen LogP contribution in [0.3, 0.4) is 0 Å². The first-order valence-corrected chi connectivity index (χ1v) is 11.3. The van der Waals surface area contributed by atoms with E-state index < -0.39 is 5.60 Å². The maximum atomic E-state index is 7.11. The molecule has 4 heteroatoms. The van der Waals surface area contributed by atoms with E-state index in [9.17, 15) is 0 Å². The number of para-hydroxylation sites is 3. The van der Waals surface area contributed by atoms with Crippen molar-refractivity contribution in [3.63, 3.8) is 0 Å². The van der Waals surface area contributed by atoms with E-state index in [1.165, 1.54) is 0 Å². The molecule has 0 bridgehead atoms. The van der Waals surface area contributed by atoms with Gasteiger partial charge in [0.25, 0.3) is 0 Å². The molecule has 7 rings (SSSR count). The second-order valence-corrected chi connectivity index (χ2v) is 8.54. The monoisotopic (exact) mass is 430 g/mol. The summed E-state index contributed by atoms with van der Waals surface area (Å²) in [6.45, 7) is 2.94. The number of H-pyrrole nitrogens is 1. The summed E-state index contributed by atoms with van der Waals surface area (Å²) in [6, 6.07) is 31.2. The van der Waals surface area contributed by atoms with Crippen LogP contribution in [0.1, 0.15) is 23.6 Å². The zero-order valence-corrected chi connectivity index (χ0v) is 18.2. The van der Waals surface area contributed by atoms with Crippen LogP contribution in [-0.2, 0) is 5.60 Å². The van der Waals surface area contributed by atoms with Crippen molar-refractivity contribution >= 4 is 16.6 Å². The van der Waals surface area contributed by atoms with E-state index in [1.807, 2.05) is 24.3 Å². The van der Waals surface area contributed by atoms with E-state index in [0.717, 1.165) is 68.3 Å². The molecule has 2 N–H and O–H groups in total. The summed E-state index contributed by atoms with van der Waals surface area (Å²) in [5.41, 5.74) is 6.59. The SMILES string of the molecule is CCNc1ccc2c(c1)C1(Oc3ccccc3-c3[nH]c4ccccc4c31)c1ccccc1O2. The lowest BCUT2D eigenvalue weighted by molar-refractivity contribution is 0.139. The summed E-state index contributed by atoms with van der Waals surface area (Å²) in [5.74, 6) is 2.48. The summed E-state index contributed by atoms with van der Waals surface area (Å²) >= 11 is 0. The Morgan fingerprint density at radius 1 is 0.788 bits per heavy atom. The van der Waals surface area contributed by atoms with Crippen LogP contribution in [0.4, 0.5) is 5.69 Å². The second kappa shape index (κ2) is 6.66. The van der Waals surface area contributed by atoms with Gasteiger partial charge >= 0.3 is 0 Å². The zero-order chi connectivity index (χ0) is 22.0. The predicted octanol–water partition coefficient (Wildman–Crippen LogP) is 7.06. The minimum absolute atomic E-state index is 0.811. The van der Waals surface area contributed by atoms with Gasteiger partial charge in [0.05, 0.1) is 5.69 Å². The first kappa shape index (κ1) is 18.4. The summed E-state index contributed by atoms with van der Waals surface area (Å²) < 4.78 is 13.5.